The number of amides is 1. The Bertz CT molecular complexity index is 1020. The van der Waals surface area contributed by atoms with Crippen LogP contribution in [0.1, 0.15) is 29.2 Å². The van der Waals surface area contributed by atoms with Crippen molar-refractivity contribution >= 4 is 23.3 Å². The first-order valence-electron chi connectivity index (χ1n) is 7.78. The van der Waals surface area contributed by atoms with E-state index in [1.54, 1.807) is 19.1 Å². The Morgan fingerprint density at radius 1 is 1.23 bits per heavy atom. The van der Waals surface area contributed by atoms with Gasteiger partial charge in [0.25, 0.3) is 0 Å². The molecule has 9 heteroatoms. The Hall–Kier alpha value is -2.87. The molecule has 4 rings (SSSR count). The summed E-state index contributed by atoms with van der Waals surface area (Å²) in [7, 11) is 0. The molecule has 1 amide bonds. The van der Waals surface area contributed by atoms with Gasteiger partial charge in [-0.3, -0.25) is 4.79 Å². The summed E-state index contributed by atoms with van der Waals surface area (Å²) in [5, 5.41) is 15.1. The number of hydrogen-bond donors (Lipinski definition) is 1. The van der Waals surface area contributed by atoms with Crippen LogP contribution in [0, 0.1) is 18.6 Å². The minimum absolute atomic E-state index is 0.00774. The van der Waals surface area contributed by atoms with Crippen LogP contribution in [0.5, 0.6) is 0 Å². The van der Waals surface area contributed by atoms with Crippen molar-refractivity contribution in [3.63, 3.8) is 0 Å². The lowest BCUT2D eigenvalue weighted by Crippen LogP contribution is -2.25. The Morgan fingerprint density at radius 2 is 2.04 bits per heavy atom. The number of nitrogens with zero attached hydrogens (tertiary/aromatic N) is 4. The molecule has 2 aromatic heterocycles. The number of hydrogen-bond acceptors (Lipinski definition) is 4. The molecule has 1 aliphatic heterocycles. The fraction of sp³-hybridized carbons (Fsp3) is 0.176. The zero-order chi connectivity index (χ0) is 18.4. The van der Waals surface area contributed by atoms with Gasteiger partial charge in [-0.1, -0.05) is 11.6 Å². The number of anilines is 1. The average Bonchev–Trinajstić information content (AvgIpc) is 2.94. The fourth-order valence-corrected chi connectivity index (χ4v) is 3.28. The zero-order valence-corrected chi connectivity index (χ0v) is 14.3. The van der Waals surface area contributed by atoms with E-state index in [-0.39, 0.29) is 23.0 Å². The molecule has 0 bridgehead atoms. The standard InChI is InChI=1S/C17H12ClF2N5O/c1-8-16-11(10-6-9(19)2-3-12(10)20)7-15(26)21-17(16)25(24-8)14-5-4-13(18)22-23-14/h2-6,11H,7H2,1H3,(H,21,26)/t11-/m0/s1. The van der Waals surface area contributed by atoms with Crippen LogP contribution in [0.25, 0.3) is 5.82 Å². The number of carbonyl (C=O) groups excluding carboxylic acids is 1. The van der Waals surface area contributed by atoms with E-state index in [1.165, 1.54) is 4.68 Å². The highest BCUT2D eigenvalue weighted by molar-refractivity contribution is 6.29. The largest absolute Gasteiger partial charge is 0.310 e. The van der Waals surface area contributed by atoms with Gasteiger partial charge in [0, 0.05) is 17.9 Å². The van der Waals surface area contributed by atoms with Gasteiger partial charge in [-0.15, -0.1) is 10.2 Å². The first kappa shape index (κ1) is 16.6. The second kappa shape index (κ2) is 6.14. The number of aromatic nitrogens is 4. The van der Waals surface area contributed by atoms with Crippen molar-refractivity contribution in [1.82, 2.24) is 20.0 Å². The summed E-state index contributed by atoms with van der Waals surface area (Å²) in [6.45, 7) is 1.74. The maximum atomic E-state index is 14.3. The van der Waals surface area contributed by atoms with Gasteiger partial charge in [0.1, 0.15) is 17.5 Å². The molecule has 0 unspecified atom stereocenters. The van der Waals surface area contributed by atoms with Crippen LogP contribution in [0.4, 0.5) is 14.6 Å². The molecule has 0 fully saturated rings. The minimum Gasteiger partial charge on any atom is -0.310 e. The highest BCUT2D eigenvalue weighted by atomic mass is 35.5. The molecular weight excluding hydrogens is 364 g/mol. The first-order valence-corrected chi connectivity index (χ1v) is 8.15. The van der Waals surface area contributed by atoms with Gasteiger partial charge in [0.05, 0.1) is 5.69 Å². The van der Waals surface area contributed by atoms with Crippen LogP contribution in [0.15, 0.2) is 30.3 Å². The monoisotopic (exact) mass is 375 g/mol. The summed E-state index contributed by atoms with van der Waals surface area (Å²) in [5.74, 6) is -1.40. The van der Waals surface area contributed by atoms with Gasteiger partial charge in [-0.2, -0.15) is 9.78 Å². The second-order valence-corrected chi connectivity index (χ2v) is 6.33. The molecule has 1 aromatic carbocycles. The number of aryl methyl sites for hydroxylation is 1. The quantitative estimate of drug-likeness (QED) is 0.745. The highest BCUT2D eigenvalue weighted by Crippen LogP contribution is 2.40. The predicted octanol–water partition coefficient (Wildman–Crippen LogP) is 3.38. The minimum atomic E-state index is -0.650. The second-order valence-electron chi connectivity index (χ2n) is 5.94. The molecule has 0 aliphatic carbocycles. The summed E-state index contributed by atoms with van der Waals surface area (Å²) >= 11 is 5.76. The maximum Gasteiger partial charge on any atom is 0.226 e. The number of fused-ring (bicyclic) bond motifs is 1. The van der Waals surface area contributed by atoms with E-state index in [1.807, 2.05) is 0 Å². The zero-order valence-electron chi connectivity index (χ0n) is 13.5. The summed E-state index contributed by atoms with van der Waals surface area (Å²) < 4.78 is 29.4. The lowest BCUT2D eigenvalue weighted by molar-refractivity contribution is -0.116. The van der Waals surface area contributed by atoms with Gasteiger partial charge in [-0.25, -0.2) is 8.78 Å². The molecule has 26 heavy (non-hydrogen) atoms. The van der Waals surface area contributed by atoms with E-state index in [2.05, 4.69) is 20.6 Å². The maximum absolute atomic E-state index is 14.3. The number of carbonyl (C=O) groups is 1. The van der Waals surface area contributed by atoms with Crippen molar-refractivity contribution in [2.24, 2.45) is 0 Å². The normalized spacial score (nSPS) is 16.3. The highest BCUT2D eigenvalue weighted by Gasteiger charge is 2.34. The number of benzene rings is 1. The van der Waals surface area contributed by atoms with Gasteiger partial charge in [0.2, 0.25) is 5.91 Å². The van der Waals surface area contributed by atoms with Crippen LogP contribution in [-0.2, 0) is 4.79 Å². The van der Waals surface area contributed by atoms with Gasteiger partial charge in [0.15, 0.2) is 11.0 Å². The summed E-state index contributed by atoms with van der Waals surface area (Å²) in [6, 6.07) is 6.35. The van der Waals surface area contributed by atoms with E-state index in [0.29, 0.717) is 22.9 Å². The summed E-state index contributed by atoms with van der Waals surface area (Å²) in [4.78, 5) is 12.2. The van der Waals surface area contributed by atoms with Crippen molar-refractivity contribution in [2.45, 2.75) is 19.3 Å². The lowest BCUT2D eigenvalue weighted by Gasteiger charge is -2.24. The molecule has 0 spiro atoms. The van der Waals surface area contributed by atoms with Crippen LogP contribution >= 0.6 is 11.6 Å². The first-order chi connectivity index (χ1) is 12.4. The van der Waals surface area contributed by atoms with Crippen LogP contribution in [0.3, 0.4) is 0 Å². The molecule has 0 saturated heterocycles. The summed E-state index contributed by atoms with van der Waals surface area (Å²) in [5.41, 5.74) is 1.31. The molecular formula is C17H12ClF2N5O. The van der Waals surface area contributed by atoms with Crippen molar-refractivity contribution in [2.75, 3.05) is 5.32 Å². The molecule has 1 N–H and O–H groups in total. The Labute approximate surface area is 151 Å². The van der Waals surface area contributed by atoms with E-state index in [0.717, 1.165) is 18.2 Å². The van der Waals surface area contributed by atoms with Gasteiger partial charge < -0.3 is 5.32 Å². The molecule has 0 radical (unpaired) electrons. The van der Waals surface area contributed by atoms with Gasteiger partial charge >= 0.3 is 0 Å². The van der Waals surface area contributed by atoms with E-state index < -0.39 is 17.6 Å². The summed E-state index contributed by atoms with van der Waals surface area (Å²) in [6.07, 6.45) is -0.00774. The molecule has 6 nitrogen and oxygen atoms in total. The molecule has 132 valence electrons. The SMILES string of the molecule is Cc1nn(-c2ccc(Cl)nn2)c2c1[C@H](c1cc(F)ccc1F)CC(=O)N2. The third kappa shape index (κ3) is 2.72. The van der Waals surface area contributed by atoms with Crippen molar-refractivity contribution in [3.8, 4) is 5.82 Å². The Kier molecular flexibility index (Phi) is 3.91. The van der Waals surface area contributed by atoms with E-state index in [9.17, 15) is 13.6 Å². The Balaban J connectivity index is 1.90. The fourth-order valence-electron chi connectivity index (χ4n) is 3.18. The molecule has 0 saturated carbocycles. The molecule has 1 atom stereocenters. The number of rotatable bonds is 2. The average molecular weight is 376 g/mol. The molecule has 3 aromatic rings. The number of nitrogens with one attached hydrogen (secondary N) is 1. The number of halogens is 3. The topological polar surface area (TPSA) is 72.7 Å². The van der Waals surface area contributed by atoms with Crippen molar-refractivity contribution in [1.29, 1.82) is 0 Å². The van der Waals surface area contributed by atoms with Crippen molar-refractivity contribution < 1.29 is 13.6 Å². The van der Waals surface area contributed by atoms with Crippen LogP contribution in [-0.4, -0.2) is 25.9 Å². The van der Waals surface area contributed by atoms with Crippen molar-refractivity contribution in [3.05, 3.63) is 63.9 Å². The lowest BCUT2D eigenvalue weighted by atomic mass is 9.85. The smallest absolute Gasteiger partial charge is 0.226 e. The van der Waals surface area contributed by atoms with E-state index >= 15 is 0 Å². The van der Waals surface area contributed by atoms with E-state index in [4.69, 9.17) is 11.6 Å². The third-order valence-corrected chi connectivity index (χ3v) is 4.47. The van der Waals surface area contributed by atoms with Gasteiger partial charge in [-0.05, 0) is 42.8 Å². The van der Waals surface area contributed by atoms with Crippen LogP contribution < -0.4 is 5.32 Å². The molecule has 3 heterocycles. The Morgan fingerprint density at radius 3 is 2.77 bits per heavy atom. The molecule has 1 aliphatic rings. The van der Waals surface area contributed by atoms with Crippen LogP contribution in [0.2, 0.25) is 5.15 Å². The predicted molar refractivity (Wildman–Crippen MR) is 90.3 cm³/mol. The third-order valence-electron chi connectivity index (χ3n) is 4.27.